The molecule has 45 heavy (non-hydrogen) atoms. The molecule has 0 heterocycles. The standard InChI is InChI=1S/C39H56O3.C3H8/c1-11-14-30(31(13-3)36(41)18-25(6)40)19-28-21-34-33(32-20-27(17-24(4)5)15-16-29(32)12-2)23-35(39(8,9)10)26(7)38(34)37(42)22-28;1-3-2/h15-16,20,23-24,28,30-31H,11-14,17-19,21-22H2,1-10H3;3H2,1-2H3. The topological polar surface area (TPSA) is 51.2 Å². The van der Waals surface area contributed by atoms with E-state index < -0.39 is 0 Å². The Bertz CT molecular complexity index is 1310. The van der Waals surface area contributed by atoms with Gasteiger partial charge < -0.3 is 0 Å². The van der Waals surface area contributed by atoms with Crippen molar-refractivity contribution < 1.29 is 14.4 Å². The van der Waals surface area contributed by atoms with Gasteiger partial charge in [0.05, 0.1) is 6.42 Å². The van der Waals surface area contributed by atoms with E-state index >= 15 is 0 Å². The van der Waals surface area contributed by atoms with Crippen molar-refractivity contribution in [2.24, 2.45) is 23.7 Å². The SMILES string of the molecule is CCC.CCCC(CC1CC(=O)c2c(C)c(C(C)(C)C)cc(-c3cc(CC(C)C)ccc3CC)c2C1)C(CC)C(=O)CC(C)=O. The molecule has 3 atom stereocenters. The van der Waals surface area contributed by atoms with Crippen LogP contribution in [0.15, 0.2) is 24.3 Å². The minimum absolute atomic E-state index is 0.0244. The molecule has 0 aromatic heterocycles. The number of Topliss-reactive ketones (excluding diaryl/α,β-unsaturated/α-hetero) is 3. The summed E-state index contributed by atoms with van der Waals surface area (Å²) in [6, 6.07) is 9.35. The third-order valence-electron chi connectivity index (χ3n) is 9.38. The van der Waals surface area contributed by atoms with Crippen molar-refractivity contribution in [1.82, 2.24) is 0 Å². The van der Waals surface area contributed by atoms with E-state index in [1.807, 2.05) is 0 Å². The summed E-state index contributed by atoms with van der Waals surface area (Å²) in [5, 5.41) is 0. The zero-order chi connectivity index (χ0) is 34.1. The molecule has 0 amide bonds. The lowest BCUT2D eigenvalue weighted by atomic mass is 9.69. The maximum atomic E-state index is 14.1. The molecule has 0 saturated carbocycles. The van der Waals surface area contributed by atoms with Crippen LogP contribution in [0.25, 0.3) is 11.1 Å². The summed E-state index contributed by atoms with van der Waals surface area (Å²) >= 11 is 0. The maximum absolute atomic E-state index is 14.1. The predicted octanol–water partition coefficient (Wildman–Crippen LogP) is 11.3. The minimum Gasteiger partial charge on any atom is -0.300 e. The predicted molar refractivity (Wildman–Crippen MR) is 192 cm³/mol. The lowest BCUT2D eigenvalue weighted by molar-refractivity contribution is -0.129. The fraction of sp³-hybridized carbons (Fsp3) is 0.643. The Kier molecular flexibility index (Phi) is 14.9. The fourth-order valence-electron chi connectivity index (χ4n) is 7.60. The van der Waals surface area contributed by atoms with Crippen molar-refractivity contribution in [3.63, 3.8) is 0 Å². The quantitative estimate of drug-likeness (QED) is 0.210. The first-order valence-corrected chi connectivity index (χ1v) is 18.0. The summed E-state index contributed by atoms with van der Waals surface area (Å²) in [6.45, 7) is 25.6. The Hall–Kier alpha value is -2.55. The van der Waals surface area contributed by atoms with Gasteiger partial charge in [-0.2, -0.15) is 0 Å². The molecule has 1 aliphatic rings. The molecule has 0 aliphatic heterocycles. The summed E-state index contributed by atoms with van der Waals surface area (Å²) in [5.41, 5.74) is 9.64. The third kappa shape index (κ3) is 10.2. The van der Waals surface area contributed by atoms with Crippen molar-refractivity contribution in [1.29, 1.82) is 0 Å². The first-order valence-electron chi connectivity index (χ1n) is 18.0. The minimum atomic E-state index is -0.116. The number of hydrogen-bond donors (Lipinski definition) is 0. The first-order chi connectivity index (χ1) is 21.1. The molecule has 2 aromatic rings. The van der Waals surface area contributed by atoms with E-state index in [9.17, 15) is 14.4 Å². The highest BCUT2D eigenvalue weighted by Gasteiger charge is 2.36. The molecular weight excluding hydrogens is 552 g/mol. The molecule has 3 unspecified atom stereocenters. The molecule has 0 saturated heterocycles. The Morgan fingerprint density at radius 1 is 0.956 bits per heavy atom. The van der Waals surface area contributed by atoms with Crippen molar-refractivity contribution in [3.8, 4) is 11.1 Å². The number of carbonyl (C=O) groups is 3. The highest BCUT2D eigenvalue weighted by Crippen LogP contribution is 2.44. The summed E-state index contributed by atoms with van der Waals surface area (Å²) < 4.78 is 0. The van der Waals surface area contributed by atoms with E-state index in [0.717, 1.165) is 56.1 Å². The lowest BCUT2D eigenvalue weighted by Crippen LogP contribution is -2.30. The Balaban J connectivity index is 0.00000226. The van der Waals surface area contributed by atoms with E-state index in [2.05, 4.69) is 100 Å². The van der Waals surface area contributed by atoms with E-state index in [4.69, 9.17) is 0 Å². The first kappa shape index (κ1) is 38.6. The molecule has 0 N–H and O–H groups in total. The van der Waals surface area contributed by atoms with Crippen LogP contribution in [0.4, 0.5) is 0 Å². The van der Waals surface area contributed by atoms with Crippen molar-refractivity contribution in [2.45, 2.75) is 153 Å². The Morgan fingerprint density at radius 2 is 1.60 bits per heavy atom. The van der Waals surface area contributed by atoms with Gasteiger partial charge in [-0.3, -0.25) is 14.4 Å². The van der Waals surface area contributed by atoms with Gasteiger partial charge in [0, 0.05) is 17.9 Å². The zero-order valence-corrected chi connectivity index (χ0v) is 30.9. The molecule has 0 radical (unpaired) electrons. The van der Waals surface area contributed by atoms with Crippen LogP contribution in [0.2, 0.25) is 0 Å². The van der Waals surface area contributed by atoms with E-state index in [-0.39, 0.29) is 46.9 Å². The molecular formula is C42H64O3. The Morgan fingerprint density at radius 3 is 2.11 bits per heavy atom. The van der Waals surface area contributed by atoms with Gasteiger partial charge in [-0.25, -0.2) is 0 Å². The smallest absolute Gasteiger partial charge is 0.163 e. The molecule has 0 bridgehead atoms. The van der Waals surface area contributed by atoms with E-state index in [1.165, 1.54) is 46.7 Å². The number of ketones is 3. The zero-order valence-electron chi connectivity index (χ0n) is 30.9. The highest BCUT2D eigenvalue weighted by atomic mass is 16.1. The number of carbonyl (C=O) groups excluding carboxylic acids is 3. The van der Waals surface area contributed by atoms with Crippen LogP contribution in [0.5, 0.6) is 0 Å². The second-order valence-electron chi connectivity index (χ2n) is 15.2. The van der Waals surface area contributed by atoms with Gasteiger partial charge in [-0.1, -0.05) is 113 Å². The molecule has 3 heteroatoms. The van der Waals surface area contributed by atoms with Crippen LogP contribution in [0.3, 0.4) is 0 Å². The van der Waals surface area contributed by atoms with Crippen molar-refractivity contribution >= 4 is 17.3 Å². The molecule has 250 valence electrons. The molecule has 3 rings (SSSR count). The van der Waals surface area contributed by atoms with Gasteiger partial charge >= 0.3 is 0 Å². The van der Waals surface area contributed by atoms with Gasteiger partial charge in [-0.15, -0.1) is 0 Å². The monoisotopic (exact) mass is 616 g/mol. The van der Waals surface area contributed by atoms with Gasteiger partial charge in [0.15, 0.2) is 5.78 Å². The second kappa shape index (κ2) is 17.4. The van der Waals surface area contributed by atoms with Gasteiger partial charge in [0.25, 0.3) is 0 Å². The summed E-state index contributed by atoms with van der Waals surface area (Å²) in [4.78, 5) is 39.0. The largest absolute Gasteiger partial charge is 0.300 e. The van der Waals surface area contributed by atoms with E-state index in [0.29, 0.717) is 12.3 Å². The molecule has 1 aliphatic carbocycles. The average Bonchev–Trinajstić information content (AvgIpc) is 2.92. The summed E-state index contributed by atoms with van der Waals surface area (Å²) in [7, 11) is 0. The number of aryl methyl sites for hydroxylation is 1. The number of benzene rings is 2. The fourth-order valence-corrected chi connectivity index (χ4v) is 7.60. The van der Waals surface area contributed by atoms with Crippen LogP contribution < -0.4 is 0 Å². The normalized spacial score (nSPS) is 16.1. The number of hydrogen-bond acceptors (Lipinski definition) is 3. The van der Waals surface area contributed by atoms with Crippen molar-refractivity contribution in [3.05, 3.63) is 57.6 Å². The molecule has 0 spiro atoms. The van der Waals surface area contributed by atoms with Gasteiger partial charge in [0.1, 0.15) is 11.6 Å². The lowest BCUT2D eigenvalue weighted by Gasteiger charge is -2.34. The Labute approximate surface area is 276 Å². The third-order valence-corrected chi connectivity index (χ3v) is 9.38. The van der Waals surface area contributed by atoms with Crippen LogP contribution in [0.1, 0.15) is 159 Å². The molecule has 3 nitrogen and oxygen atoms in total. The molecule has 0 fully saturated rings. The van der Waals surface area contributed by atoms with E-state index in [1.54, 1.807) is 0 Å². The van der Waals surface area contributed by atoms with Crippen LogP contribution in [-0.2, 0) is 34.3 Å². The van der Waals surface area contributed by atoms with Gasteiger partial charge in [0.2, 0.25) is 0 Å². The number of fused-ring (bicyclic) bond motifs is 1. The summed E-state index contributed by atoms with van der Waals surface area (Å²) in [5.74, 6) is 1.12. The summed E-state index contributed by atoms with van der Waals surface area (Å²) in [6.07, 6.45) is 8.19. The highest BCUT2D eigenvalue weighted by molar-refractivity contribution is 6.03. The second-order valence-corrected chi connectivity index (χ2v) is 15.2. The van der Waals surface area contributed by atoms with Crippen molar-refractivity contribution in [2.75, 3.05) is 0 Å². The van der Waals surface area contributed by atoms with Crippen LogP contribution >= 0.6 is 0 Å². The van der Waals surface area contributed by atoms with Crippen LogP contribution in [-0.4, -0.2) is 17.3 Å². The van der Waals surface area contributed by atoms with Crippen LogP contribution in [0, 0.1) is 30.6 Å². The number of rotatable bonds is 13. The average molecular weight is 617 g/mol. The maximum Gasteiger partial charge on any atom is 0.163 e. The molecule has 2 aromatic carbocycles. The van der Waals surface area contributed by atoms with Gasteiger partial charge in [-0.05, 0) is 108 Å².